The third-order valence-corrected chi connectivity index (χ3v) is 2.74. The number of aromatic nitrogens is 2. The number of nitrogens with zero attached hydrogens (tertiary/aromatic N) is 2. The molecule has 106 valence electrons. The van der Waals surface area contributed by atoms with E-state index in [-0.39, 0.29) is 22.5 Å². The van der Waals surface area contributed by atoms with Gasteiger partial charge in [-0.2, -0.15) is 18.7 Å². The van der Waals surface area contributed by atoms with E-state index in [9.17, 15) is 8.78 Å². The first-order chi connectivity index (χ1) is 9.51. The van der Waals surface area contributed by atoms with Crippen LogP contribution in [0.3, 0.4) is 0 Å². The first kappa shape index (κ1) is 14.5. The second-order valence-corrected chi connectivity index (χ2v) is 4.37. The summed E-state index contributed by atoms with van der Waals surface area (Å²) in [4.78, 5) is 7.65. The average molecular weight is 300 g/mol. The van der Waals surface area contributed by atoms with Crippen LogP contribution in [0.25, 0.3) is 0 Å². The summed E-state index contributed by atoms with van der Waals surface area (Å²) in [7, 11) is 1.37. The zero-order valence-corrected chi connectivity index (χ0v) is 11.4. The second kappa shape index (κ2) is 6.00. The third-order valence-electron chi connectivity index (χ3n) is 2.54. The predicted octanol–water partition coefficient (Wildman–Crippen LogP) is 3.34. The van der Waals surface area contributed by atoms with E-state index in [1.165, 1.54) is 25.3 Å². The van der Waals surface area contributed by atoms with Crippen LogP contribution in [-0.4, -0.2) is 23.6 Å². The summed E-state index contributed by atoms with van der Waals surface area (Å²) >= 11 is 5.74. The van der Waals surface area contributed by atoms with Crippen LogP contribution in [0.15, 0.2) is 36.4 Å². The molecule has 1 aromatic heterocycles. The number of nitrogens with one attached hydrogen (secondary N) is 1. The van der Waals surface area contributed by atoms with Crippen molar-refractivity contribution in [2.45, 2.75) is 5.92 Å². The van der Waals surface area contributed by atoms with Gasteiger partial charge >= 0.3 is 6.01 Å². The average Bonchev–Trinajstić information content (AvgIpc) is 2.45. The summed E-state index contributed by atoms with van der Waals surface area (Å²) in [5, 5.41) is 2.65. The van der Waals surface area contributed by atoms with Crippen molar-refractivity contribution >= 4 is 17.4 Å². The molecule has 0 bridgehead atoms. The number of halogens is 3. The molecule has 0 atom stereocenters. The molecule has 0 amide bonds. The van der Waals surface area contributed by atoms with Crippen molar-refractivity contribution in [3.05, 3.63) is 47.1 Å². The topological polar surface area (TPSA) is 47.0 Å². The highest BCUT2D eigenvalue weighted by Crippen LogP contribution is 2.28. The number of alkyl halides is 2. The Morgan fingerprint density at radius 3 is 2.60 bits per heavy atom. The summed E-state index contributed by atoms with van der Waals surface area (Å²) < 4.78 is 32.7. The highest BCUT2D eigenvalue weighted by atomic mass is 35.5. The van der Waals surface area contributed by atoms with E-state index < -0.39 is 12.5 Å². The van der Waals surface area contributed by atoms with E-state index in [2.05, 4.69) is 15.3 Å². The van der Waals surface area contributed by atoms with Crippen LogP contribution in [0.1, 0.15) is 5.56 Å². The standard InChI is InChI=1S/C13H12ClF2N3O/c1-20-12-18-10(14)7-11(19-12)17-8-13(15,16)9-5-3-2-4-6-9/h2-7H,8H2,1H3,(H,17,18,19). The maximum absolute atomic E-state index is 14.0. The highest BCUT2D eigenvalue weighted by molar-refractivity contribution is 6.29. The van der Waals surface area contributed by atoms with Gasteiger partial charge in [0.25, 0.3) is 5.92 Å². The third kappa shape index (κ3) is 3.54. The maximum Gasteiger partial charge on any atom is 0.319 e. The van der Waals surface area contributed by atoms with Crippen LogP contribution < -0.4 is 10.1 Å². The molecule has 0 aliphatic heterocycles. The molecule has 2 rings (SSSR count). The molecule has 0 unspecified atom stereocenters. The Hall–Kier alpha value is -1.95. The van der Waals surface area contributed by atoms with Crippen molar-refractivity contribution < 1.29 is 13.5 Å². The Kier molecular flexibility index (Phi) is 4.34. The molecular formula is C13H12ClF2N3O. The Morgan fingerprint density at radius 2 is 1.95 bits per heavy atom. The van der Waals surface area contributed by atoms with Crippen molar-refractivity contribution in [1.29, 1.82) is 0 Å². The van der Waals surface area contributed by atoms with Crippen molar-refractivity contribution in [2.24, 2.45) is 0 Å². The van der Waals surface area contributed by atoms with Crippen molar-refractivity contribution in [1.82, 2.24) is 9.97 Å². The minimum Gasteiger partial charge on any atom is -0.467 e. The van der Waals surface area contributed by atoms with Gasteiger partial charge in [-0.1, -0.05) is 41.9 Å². The van der Waals surface area contributed by atoms with Gasteiger partial charge in [-0.25, -0.2) is 0 Å². The van der Waals surface area contributed by atoms with Crippen molar-refractivity contribution in [3.8, 4) is 6.01 Å². The van der Waals surface area contributed by atoms with E-state index in [1.54, 1.807) is 18.2 Å². The lowest BCUT2D eigenvalue weighted by Crippen LogP contribution is -2.25. The molecule has 1 N–H and O–H groups in total. The molecule has 0 fully saturated rings. The molecule has 1 aromatic carbocycles. The van der Waals surface area contributed by atoms with E-state index in [1.807, 2.05) is 0 Å². The fourth-order valence-corrected chi connectivity index (χ4v) is 1.74. The number of hydrogen-bond donors (Lipinski definition) is 1. The van der Waals surface area contributed by atoms with E-state index >= 15 is 0 Å². The van der Waals surface area contributed by atoms with E-state index in [0.717, 1.165) is 0 Å². The quantitative estimate of drug-likeness (QED) is 0.860. The van der Waals surface area contributed by atoms with Gasteiger partial charge in [0.1, 0.15) is 11.0 Å². The van der Waals surface area contributed by atoms with Gasteiger partial charge < -0.3 is 10.1 Å². The maximum atomic E-state index is 14.0. The van der Waals surface area contributed by atoms with Crippen molar-refractivity contribution in [2.75, 3.05) is 19.0 Å². The smallest absolute Gasteiger partial charge is 0.319 e. The van der Waals surface area contributed by atoms with E-state index in [0.29, 0.717) is 0 Å². The Morgan fingerprint density at radius 1 is 1.25 bits per heavy atom. The molecule has 7 heteroatoms. The first-order valence-electron chi connectivity index (χ1n) is 5.77. The summed E-state index contributed by atoms with van der Waals surface area (Å²) in [6, 6.07) is 8.92. The molecule has 0 spiro atoms. The summed E-state index contributed by atoms with van der Waals surface area (Å²) in [6.07, 6.45) is 0. The largest absolute Gasteiger partial charge is 0.467 e. The first-order valence-corrected chi connectivity index (χ1v) is 6.15. The highest BCUT2D eigenvalue weighted by Gasteiger charge is 2.31. The number of methoxy groups -OCH3 is 1. The van der Waals surface area contributed by atoms with Gasteiger partial charge in [0.15, 0.2) is 0 Å². The lowest BCUT2D eigenvalue weighted by molar-refractivity contribution is 0.0105. The molecule has 0 radical (unpaired) electrons. The molecule has 0 aliphatic rings. The predicted molar refractivity (Wildman–Crippen MR) is 72.4 cm³/mol. The number of benzene rings is 1. The summed E-state index contributed by atoms with van der Waals surface area (Å²) in [5.74, 6) is -2.84. The van der Waals surface area contributed by atoms with Gasteiger partial charge in [-0.3, -0.25) is 0 Å². The van der Waals surface area contributed by atoms with Gasteiger partial charge in [0.2, 0.25) is 0 Å². The molecule has 0 saturated carbocycles. The molecule has 0 aliphatic carbocycles. The molecule has 1 heterocycles. The minimum atomic E-state index is -3.02. The van der Waals surface area contributed by atoms with Crippen LogP contribution in [0.4, 0.5) is 14.6 Å². The molecule has 2 aromatic rings. The van der Waals surface area contributed by atoms with Crippen LogP contribution in [0.5, 0.6) is 6.01 Å². The lowest BCUT2D eigenvalue weighted by atomic mass is 10.1. The van der Waals surface area contributed by atoms with Gasteiger partial charge in [0, 0.05) is 11.6 Å². The fraction of sp³-hybridized carbons (Fsp3) is 0.231. The lowest BCUT2D eigenvalue weighted by Gasteiger charge is -2.17. The van der Waals surface area contributed by atoms with Crippen LogP contribution in [0.2, 0.25) is 5.15 Å². The van der Waals surface area contributed by atoms with Crippen molar-refractivity contribution in [3.63, 3.8) is 0 Å². The number of anilines is 1. The molecular weight excluding hydrogens is 288 g/mol. The van der Waals surface area contributed by atoms with Gasteiger partial charge in [-0.15, -0.1) is 0 Å². The number of hydrogen-bond acceptors (Lipinski definition) is 4. The van der Waals surface area contributed by atoms with Gasteiger partial charge in [-0.05, 0) is 0 Å². The zero-order valence-electron chi connectivity index (χ0n) is 10.6. The Balaban J connectivity index is 2.10. The Labute approximate surface area is 119 Å². The summed E-state index contributed by atoms with van der Waals surface area (Å²) in [5.41, 5.74) is -0.0698. The monoisotopic (exact) mass is 299 g/mol. The van der Waals surface area contributed by atoms with Crippen LogP contribution in [0, 0.1) is 0 Å². The molecule has 0 saturated heterocycles. The molecule has 4 nitrogen and oxygen atoms in total. The Bertz CT molecular complexity index is 581. The van der Waals surface area contributed by atoms with Gasteiger partial charge in [0.05, 0.1) is 13.7 Å². The zero-order chi connectivity index (χ0) is 14.6. The SMILES string of the molecule is COc1nc(Cl)cc(NCC(F)(F)c2ccccc2)n1. The number of rotatable bonds is 5. The van der Waals surface area contributed by atoms with Crippen LogP contribution in [-0.2, 0) is 5.92 Å². The minimum absolute atomic E-state index is 0.0167. The second-order valence-electron chi connectivity index (χ2n) is 3.99. The van der Waals surface area contributed by atoms with Crippen LogP contribution >= 0.6 is 11.6 Å². The molecule has 20 heavy (non-hydrogen) atoms. The number of ether oxygens (including phenoxy) is 1. The normalized spacial score (nSPS) is 11.2. The van der Waals surface area contributed by atoms with E-state index in [4.69, 9.17) is 16.3 Å². The summed E-state index contributed by atoms with van der Waals surface area (Å²) in [6.45, 7) is -0.604. The fourth-order valence-electron chi connectivity index (χ4n) is 1.56.